The van der Waals surface area contributed by atoms with Crippen molar-refractivity contribution < 1.29 is 23.9 Å². The highest BCUT2D eigenvalue weighted by molar-refractivity contribution is 5.83. The Morgan fingerprint density at radius 3 is 2.53 bits per heavy atom. The smallest absolute Gasteiger partial charge is 0.241 e. The fourth-order valence-electron chi connectivity index (χ4n) is 4.02. The summed E-state index contributed by atoms with van der Waals surface area (Å²) in [5.74, 6) is 1.21. The van der Waals surface area contributed by atoms with Crippen molar-refractivity contribution in [2.45, 2.75) is 44.8 Å². The first kappa shape index (κ1) is 25.6. The molecule has 0 aliphatic carbocycles. The summed E-state index contributed by atoms with van der Waals surface area (Å²) in [5.41, 5.74) is 1.09. The monoisotopic (exact) mass is 448 g/mol. The molecular weight excluding hydrogens is 412 g/mol. The Morgan fingerprint density at radius 1 is 1.22 bits per heavy atom. The molecule has 0 bridgehead atoms. The molecule has 32 heavy (non-hydrogen) atoms. The number of rotatable bonds is 13. The van der Waals surface area contributed by atoms with Gasteiger partial charge in [0.1, 0.15) is 12.5 Å². The molecule has 1 aromatic carbocycles. The third-order valence-corrected chi connectivity index (χ3v) is 5.85. The number of likely N-dealkylation sites (N-methyl/N-ethyl adjacent to an activating group) is 2. The molecule has 2 amide bonds. The zero-order valence-corrected chi connectivity index (χ0v) is 19.8. The van der Waals surface area contributed by atoms with Crippen LogP contribution in [-0.4, -0.2) is 98.6 Å². The Kier molecular flexibility index (Phi) is 9.93. The number of ether oxygens (including phenoxy) is 2. The molecule has 1 unspecified atom stereocenters. The summed E-state index contributed by atoms with van der Waals surface area (Å²) in [6.45, 7) is 3.25. The first-order valence-corrected chi connectivity index (χ1v) is 11.0. The van der Waals surface area contributed by atoms with E-state index in [1.54, 1.807) is 31.2 Å². The molecule has 9 heteroatoms. The summed E-state index contributed by atoms with van der Waals surface area (Å²) in [6.07, 6.45) is 4.13. The molecule has 9 nitrogen and oxygen atoms in total. The van der Waals surface area contributed by atoms with Gasteiger partial charge >= 0.3 is 0 Å². The molecule has 2 rings (SSSR count). The standard InChI is InChI=1S/C23H36N4O5/c1-6-7-8-19(16-28)27-22(26(17-29)25(3)15-23(27)30)14-24(2)12-11-18-9-10-20(31-4)21(13-18)32-5/h9-10,13,16-17,19,22H,6-8,11-12,14-15H2,1-5H3/t19-,22?/m0/s1. The van der Waals surface area contributed by atoms with Gasteiger partial charge in [0, 0.05) is 20.1 Å². The van der Waals surface area contributed by atoms with Gasteiger partial charge in [-0.15, -0.1) is 0 Å². The minimum Gasteiger partial charge on any atom is -0.493 e. The molecule has 0 radical (unpaired) electrons. The van der Waals surface area contributed by atoms with Crippen LogP contribution < -0.4 is 9.47 Å². The number of hydrogen-bond donors (Lipinski definition) is 0. The van der Waals surface area contributed by atoms with Crippen molar-refractivity contribution in [2.24, 2.45) is 0 Å². The van der Waals surface area contributed by atoms with Crippen LogP contribution in [0.1, 0.15) is 31.7 Å². The summed E-state index contributed by atoms with van der Waals surface area (Å²) in [7, 11) is 6.87. The zero-order chi connectivity index (χ0) is 23.7. The number of carbonyl (C=O) groups is 3. The lowest BCUT2D eigenvalue weighted by molar-refractivity contribution is -0.183. The van der Waals surface area contributed by atoms with Crippen LogP contribution in [0.5, 0.6) is 11.5 Å². The van der Waals surface area contributed by atoms with Crippen molar-refractivity contribution in [3.05, 3.63) is 23.8 Å². The molecule has 1 heterocycles. The minimum atomic E-state index is -0.541. The molecule has 1 saturated heterocycles. The summed E-state index contributed by atoms with van der Waals surface area (Å²) < 4.78 is 10.7. The number of methoxy groups -OCH3 is 2. The molecule has 1 aliphatic rings. The Morgan fingerprint density at radius 2 is 1.94 bits per heavy atom. The van der Waals surface area contributed by atoms with Crippen LogP contribution in [0.4, 0.5) is 0 Å². The summed E-state index contributed by atoms with van der Waals surface area (Å²) >= 11 is 0. The van der Waals surface area contributed by atoms with Gasteiger partial charge in [0.15, 0.2) is 11.5 Å². The summed E-state index contributed by atoms with van der Waals surface area (Å²) in [4.78, 5) is 40.2. The van der Waals surface area contributed by atoms with Crippen LogP contribution in [0, 0.1) is 0 Å². The van der Waals surface area contributed by atoms with Gasteiger partial charge in [-0.05, 0) is 37.6 Å². The average Bonchev–Trinajstić information content (AvgIpc) is 2.79. The van der Waals surface area contributed by atoms with Crippen molar-refractivity contribution >= 4 is 18.6 Å². The lowest BCUT2D eigenvalue weighted by atomic mass is 10.1. The Hall–Kier alpha value is -2.65. The van der Waals surface area contributed by atoms with E-state index in [-0.39, 0.29) is 12.5 Å². The average molecular weight is 449 g/mol. The third kappa shape index (κ3) is 6.20. The minimum absolute atomic E-state index is 0.0705. The van der Waals surface area contributed by atoms with Crippen molar-refractivity contribution in [2.75, 3.05) is 47.9 Å². The van der Waals surface area contributed by atoms with E-state index >= 15 is 0 Å². The highest BCUT2D eigenvalue weighted by Crippen LogP contribution is 2.28. The van der Waals surface area contributed by atoms with Gasteiger partial charge in [-0.2, -0.15) is 0 Å². The van der Waals surface area contributed by atoms with E-state index in [0.717, 1.165) is 37.5 Å². The Labute approximate surface area is 190 Å². The van der Waals surface area contributed by atoms with E-state index in [4.69, 9.17) is 9.47 Å². The first-order valence-electron chi connectivity index (χ1n) is 11.0. The van der Waals surface area contributed by atoms with Crippen LogP contribution >= 0.6 is 0 Å². The number of hydrogen-bond acceptors (Lipinski definition) is 7. The molecule has 2 atom stereocenters. The van der Waals surface area contributed by atoms with E-state index in [0.29, 0.717) is 31.0 Å². The predicted molar refractivity (Wildman–Crippen MR) is 121 cm³/mol. The molecular formula is C23H36N4O5. The van der Waals surface area contributed by atoms with Crippen LogP contribution in [0.2, 0.25) is 0 Å². The summed E-state index contributed by atoms with van der Waals surface area (Å²) in [5, 5.41) is 3.12. The van der Waals surface area contributed by atoms with Crippen LogP contribution in [0.25, 0.3) is 0 Å². The quantitative estimate of drug-likeness (QED) is 0.422. The van der Waals surface area contributed by atoms with Crippen molar-refractivity contribution in [1.82, 2.24) is 19.8 Å². The van der Waals surface area contributed by atoms with Crippen LogP contribution in [-0.2, 0) is 20.8 Å². The molecule has 1 fully saturated rings. The van der Waals surface area contributed by atoms with Crippen molar-refractivity contribution in [1.29, 1.82) is 0 Å². The van der Waals surface area contributed by atoms with Gasteiger partial charge in [0.05, 0.1) is 26.8 Å². The zero-order valence-electron chi connectivity index (χ0n) is 19.8. The second-order valence-corrected chi connectivity index (χ2v) is 8.13. The van der Waals surface area contributed by atoms with E-state index in [1.165, 1.54) is 5.01 Å². The second-order valence-electron chi connectivity index (χ2n) is 8.13. The number of hydrazine groups is 1. The van der Waals surface area contributed by atoms with Gasteiger partial charge < -0.3 is 24.1 Å². The van der Waals surface area contributed by atoms with E-state index < -0.39 is 12.2 Å². The largest absolute Gasteiger partial charge is 0.493 e. The molecule has 178 valence electrons. The van der Waals surface area contributed by atoms with E-state index in [1.807, 2.05) is 32.2 Å². The van der Waals surface area contributed by atoms with Crippen molar-refractivity contribution in [3.8, 4) is 11.5 Å². The maximum atomic E-state index is 12.9. The number of unbranched alkanes of at least 4 members (excludes halogenated alkanes) is 1. The summed E-state index contributed by atoms with van der Waals surface area (Å²) in [6, 6.07) is 5.27. The molecule has 1 aromatic rings. The fourth-order valence-corrected chi connectivity index (χ4v) is 4.02. The van der Waals surface area contributed by atoms with Gasteiger partial charge in [0.2, 0.25) is 12.3 Å². The van der Waals surface area contributed by atoms with Gasteiger partial charge in [-0.3, -0.25) is 14.6 Å². The van der Waals surface area contributed by atoms with Crippen LogP contribution in [0.3, 0.4) is 0 Å². The molecule has 0 aromatic heterocycles. The lowest BCUT2D eigenvalue weighted by Crippen LogP contribution is -2.68. The normalized spacial score (nSPS) is 18.1. The van der Waals surface area contributed by atoms with Gasteiger partial charge in [-0.1, -0.05) is 25.8 Å². The second kappa shape index (κ2) is 12.4. The molecule has 0 N–H and O–H groups in total. The number of benzene rings is 1. The number of nitrogens with zero attached hydrogens (tertiary/aromatic N) is 4. The van der Waals surface area contributed by atoms with Crippen molar-refractivity contribution in [3.63, 3.8) is 0 Å². The first-order chi connectivity index (χ1) is 15.4. The molecule has 0 saturated carbocycles. The highest BCUT2D eigenvalue weighted by atomic mass is 16.5. The lowest BCUT2D eigenvalue weighted by Gasteiger charge is -2.49. The predicted octanol–water partition coefficient (Wildman–Crippen LogP) is 1.41. The van der Waals surface area contributed by atoms with Gasteiger partial charge in [0.25, 0.3) is 0 Å². The topological polar surface area (TPSA) is 82.6 Å². The third-order valence-electron chi connectivity index (χ3n) is 5.85. The van der Waals surface area contributed by atoms with Crippen LogP contribution in [0.15, 0.2) is 18.2 Å². The number of aldehydes is 1. The Bertz CT molecular complexity index is 775. The maximum Gasteiger partial charge on any atom is 0.241 e. The van der Waals surface area contributed by atoms with Gasteiger partial charge in [-0.25, -0.2) is 5.01 Å². The Balaban J connectivity index is 2.14. The number of carbonyl (C=O) groups excluding carboxylic acids is 3. The number of amides is 2. The van der Waals surface area contributed by atoms with E-state index in [2.05, 4.69) is 4.90 Å². The maximum absolute atomic E-state index is 12.9. The SMILES string of the molecule is CCCC[C@@H](C=O)N1C(=O)CN(C)N(C=O)C1CN(C)CCc1ccc(OC)c(OC)c1. The molecule has 0 spiro atoms. The van der Waals surface area contributed by atoms with E-state index in [9.17, 15) is 14.4 Å². The highest BCUT2D eigenvalue weighted by Gasteiger charge is 2.40. The fraction of sp³-hybridized carbons (Fsp3) is 0.609. The molecule has 1 aliphatic heterocycles.